The lowest BCUT2D eigenvalue weighted by atomic mass is 10.3. The van der Waals surface area contributed by atoms with Crippen LogP contribution >= 0.6 is 27.3 Å². The van der Waals surface area contributed by atoms with Crippen molar-refractivity contribution in [2.45, 2.75) is 6.92 Å². The number of hydrogen-bond acceptors (Lipinski definition) is 4. The highest BCUT2D eigenvalue weighted by molar-refractivity contribution is 9.10. The molecule has 1 N–H and O–H groups in total. The first kappa shape index (κ1) is 19.9. The van der Waals surface area contributed by atoms with E-state index in [2.05, 4.69) is 26.2 Å². The number of carbonyl (C=O) groups excluding carboxylic acids is 2. The third-order valence-corrected chi connectivity index (χ3v) is 4.94. The minimum Gasteiger partial charge on any atom is -0.322 e. The number of benzene rings is 2. The van der Waals surface area contributed by atoms with E-state index in [9.17, 15) is 14.0 Å². The number of nitrogens with zero attached hydrogens (tertiary/aromatic N) is 2. The zero-order chi connectivity index (χ0) is 20.1. The first-order valence-corrected chi connectivity index (χ1v) is 9.86. The van der Waals surface area contributed by atoms with Crippen molar-refractivity contribution in [2.24, 2.45) is 0 Å². The van der Waals surface area contributed by atoms with Crippen molar-refractivity contribution in [1.29, 1.82) is 0 Å². The highest BCUT2D eigenvalue weighted by Crippen LogP contribution is 2.31. The molecule has 0 unspecified atom stereocenters. The summed E-state index contributed by atoms with van der Waals surface area (Å²) in [6.45, 7) is 1.34. The molecule has 0 bridgehead atoms. The van der Waals surface area contributed by atoms with E-state index in [1.54, 1.807) is 29.6 Å². The molecule has 0 aliphatic rings. The number of amides is 2. The molecule has 28 heavy (non-hydrogen) atoms. The number of anilines is 3. The molecule has 0 atom stereocenters. The van der Waals surface area contributed by atoms with Crippen LogP contribution in [0.3, 0.4) is 0 Å². The van der Waals surface area contributed by atoms with Gasteiger partial charge in [-0.05, 0) is 36.4 Å². The Labute approximate surface area is 173 Å². The normalized spacial score (nSPS) is 10.8. The van der Waals surface area contributed by atoms with E-state index in [-0.39, 0.29) is 17.5 Å². The molecule has 1 aromatic heterocycles. The molecule has 0 spiro atoms. The van der Waals surface area contributed by atoms with Crippen LogP contribution in [0, 0.1) is 5.82 Å². The molecule has 8 heteroatoms. The Morgan fingerprint density at radius 3 is 2.71 bits per heavy atom. The van der Waals surface area contributed by atoms with Gasteiger partial charge in [0, 0.05) is 28.5 Å². The predicted molar refractivity (Wildman–Crippen MR) is 113 cm³/mol. The first-order chi connectivity index (χ1) is 13.4. The predicted octanol–water partition coefficient (Wildman–Crippen LogP) is 5.38. The number of nitrogens with one attached hydrogen (secondary N) is 1. The molecule has 3 aromatic rings. The van der Waals surface area contributed by atoms with E-state index in [4.69, 9.17) is 0 Å². The minimum absolute atomic E-state index is 0.132. The third-order valence-electron chi connectivity index (χ3n) is 3.61. The third kappa shape index (κ3) is 4.90. The van der Waals surface area contributed by atoms with Crippen LogP contribution in [0.5, 0.6) is 0 Å². The smallest absolute Gasteiger partial charge is 0.248 e. The second-order valence-electron chi connectivity index (χ2n) is 5.69. The molecule has 0 saturated carbocycles. The lowest BCUT2D eigenvalue weighted by Gasteiger charge is -2.18. The van der Waals surface area contributed by atoms with Crippen LogP contribution in [0.15, 0.2) is 64.5 Å². The second kappa shape index (κ2) is 8.90. The fourth-order valence-electron chi connectivity index (χ4n) is 2.41. The molecule has 0 saturated heterocycles. The van der Waals surface area contributed by atoms with Gasteiger partial charge in [-0.3, -0.25) is 14.5 Å². The number of aromatic nitrogens is 1. The first-order valence-electron chi connectivity index (χ1n) is 8.19. The van der Waals surface area contributed by atoms with Crippen LogP contribution < -0.4 is 10.2 Å². The Morgan fingerprint density at radius 1 is 1.21 bits per heavy atom. The maximum absolute atomic E-state index is 14.1. The van der Waals surface area contributed by atoms with E-state index >= 15 is 0 Å². The summed E-state index contributed by atoms with van der Waals surface area (Å²) < 4.78 is 15.0. The maximum atomic E-state index is 14.1. The number of para-hydroxylation sites is 1. The van der Waals surface area contributed by atoms with Crippen LogP contribution in [0.25, 0.3) is 6.08 Å². The summed E-state index contributed by atoms with van der Waals surface area (Å²) >= 11 is 4.53. The number of carbonyl (C=O) groups is 2. The molecule has 3 rings (SSSR count). The molecule has 0 aliphatic carbocycles. The van der Waals surface area contributed by atoms with Gasteiger partial charge < -0.3 is 5.32 Å². The van der Waals surface area contributed by atoms with Gasteiger partial charge in [0.25, 0.3) is 0 Å². The molecule has 0 fully saturated rings. The number of thiazole rings is 1. The van der Waals surface area contributed by atoms with Gasteiger partial charge in [0.15, 0.2) is 5.13 Å². The summed E-state index contributed by atoms with van der Waals surface area (Å²) in [6.07, 6.45) is 2.88. The van der Waals surface area contributed by atoms with E-state index in [0.717, 1.165) is 4.47 Å². The van der Waals surface area contributed by atoms with E-state index < -0.39 is 5.82 Å². The van der Waals surface area contributed by atoms with Crippen molar-refractivity contribution in [3.8, 4) is 0 Å². The van der Waals surface area contributed by atoms with Crippen molar-refractivity contribution in [3.63, 3.8) is 0 Å². The SMILES string of the molecule is CC(=O)N(c1nc(/C=C/C(=O)Nc2cccc(Br)c2)cs1)c1ccccc1F. The Kier molecular flexibility index (Phi) is 6.33. The van der Waals surface area contributed by atoms with Crippen molar-refractivity contribution in [2.75, 3.05) is 10.2 Å². The number of hydrogen-bond donors (Lipinski definition) is 1. The summed E-state index contributed by atoms with van der Waals surface area (Å²) in [4.78, 5) is 29.6. The van der Waals surface area contributed by atoms with Gasteiger partial charge in [-0.1, -0.05) is 34.1 Å². The van der Waals surface area contributed by atoms with Crippen molar-refractivity contribution in [3.05, 3.63) is 76.0 Å². The van der Waals surface area contributed by atoms with E-state index in [1.807, 2.05) is 12.1 Å². The van der Waals surface area contributed by atoms with Gasteiger partial charge in [-0.25, -0.2) is 9.37 Å². The monoisotopic (exact) mass is 459 g/mol. The highest BCUT2D eigenvalue weighted by atomic mass is 79.9. The molecule has 1 heterocycles. The van der Waals surface area contributed by atoms with Crippen LogP contribution in [-0.4, -0.2) is 16.8 Å². The van der Waals surface area contributed by atoms with Crippen molar-refractivity contribution < 1.29 is 14.0 Å². The molecule has 2 amide bonds. The zero-order valence-corrected chi connectivity index (χ0v) is 17.1. The largest absolute Gasteiger partial charge is 0.322 e. The Hall–Kier alpha value is -2.84. The van der Waals surface area contributed by atoms with Crippen LogP contribution in [0.2, 0.25) is 0 Å². The molecular weight excluding hydrogens is 445 g/mol. The van der Waals surface area contributed by atoms with Crippen LogP contribution in [0.1, 0.15) is 12.6 Å². The van der Waals surface area contributed by atoms with Crippen molar-refractivity contribution >= 4 is 61.7 Å². The Bertz CT molecular complexity index is 1050. The number of halogens is 2. The van der Waals surface area contributed by atoms with Gasteiger partial charge in [0.1, 0.15) is 5.82 Å². The van der Waals surface area contributed by atoms with Crippen LogP contribution in [-0.2, 0) is 9.59 Å². The molecule has 142 valence electrons. The van der Waals surface area contributed by atoms with Crippen molar-refractivity contribution in [1.82, 2.24) is 4.98 Å². The zero-order valence-electron chi connectivity index (χ0n) is 14.7. The molecule has 5 nitrogen and oxygen atoms in total. The summed E-state index contributed by atoms with van der Waals surface area (Å²) in [5.41, 5.74) is 1.28. The highest BCUT2D eigenvalue weighted by Gasteiger charge is 2.20. The average molecular weight is 460 g/mol. The summed E-state index contributed by atoms with van der Waals surface area (Å²) in [7, 11) is 0. The van der Waals surface area contributed by atoms with Gasteiger partial charge in [-0.15, -0.1) is 11.3 Å². The summed E-state index contributed by atoms with van der Waals surface area (Å²) in [5, 5.41) is 4.75. The topological polar surface area (TPSA) is 62.3 Å². The van der Waals surface area contributed by atoms with Crippen LogP contribution in [0.4, 0.5) is 20.9 Å². The number of rotatable bonds is 5. The Morgan fingerprint density at radius 2 is 2.00 bits per heavy atom. The van der Waals surface area contributed by atoms with E-state index in [1.165, 1.54) is 47.4 Å². The Balaban J connectivity index is 1.75. The molecular formula is C20H15BrFN3O2S. The maximum Gasteiger partial charge on any atom is 0.248 e. The molecule has 0 radical (unpaired) electrons. The summed E-state index contributed by atoms with van der Waals surface area (Å²) in [6, 6.07) is 13.2. The molecule has 2 aromatic carbocycles. The second-order valence-corrected chi connectivity index (χ2v) is 7.45. The molecule has 0 aliphatic heterocycles. The summed E-state index contributed by atoms with van der Waals surface area (Å²) in [5.74, 6) is -1.19. The fourth-order valence-corrected chi connectivity index (χ4v) is 3.65. The van der Waals surface area contributed by atoms with Gasteiger partial charge >= 0.3 is 0 Å². The van der Waals surface area contributed by atoms with Gasteiger partial charge in [0.2, 0.25) is 11.8 Å². The van der Waals surface area contributed by atoms with Gasteiger partial charge in [0.05, 0.1) is 11.4 Å². The fraction of sp³-hybridized carbons (Fsp3) is 0.0500. The lowest BCUT2D eigenvalue weighted by Crippen LogP contribution is -2.23. The quantitative estimate of drug-likeness (QED) is 0.520. The van der Waals surface area contributed by atoms with E-state index in [0.29, 0.717) is 16.5 Å². The van der Waals surface area contributed by atoms with Gasteiger partial charge in [-0.2, -0.15) is 0 Å². The standard InChI is InChI=1S/C20H15BrFN3O2S/c1-13(26)25(18-8-3-2-7-17(18)22)20-24-16(12-28-20)9-10-19(27)23-15-6-4-5-14(21)11-15/h2-12H,1H3,(H,23,27)/b10-9+. The average Bonchev–Trinajstić information content (AvgIpc) is 3.10. The lowest BCUT2D eigenvalue weighted by molar-refractivity contribution is -0.116. The minimum atomic E-state index is -0.515.